The first-order valence-electron chi connectivity index (χ1n) is 7.50. The third kappa shape index (κ3) is 5.16. The number of hydrogen-bond acceptors (Lipinski definition) is 1. The van der Waals surface area contributed by atoms with E-state index in [0.29, 0.717) is 0 Å². The summed E-state index contributed by atoms with van der Waals surface area (Å²) in [7, 11) is 2.07. The van der Waals surface area contributed by atoms with Gasteiger partial charge in [0, 0.05) is 13.3 Å². The number of rotatable bonds is 7. The average Bonchev–Trinajstić information content (AvgIpc) is 2.55. The molecule has 21 heavy (non-hydrogen) atoms. The molecule has 0 amide bonds. The largest absolute Gasteiger partial charge is 0.367 e. The molecule has 0 aliphatic rings. The van der Waals surface area contributed by atoms with E-state index in [1.807, 2.05) is 19.1 Å². The summed E-state index contributed by atoms with van der Waals surface area (Å²) in [6.45, 7) is 3.68. The molecule has 110 valence electrons. The maximum absolute atomic E-state index is 6.14. The molecule has 2 aromatic carbocycles. The summed E-state index contributed by atoms with van der Waals surface area (Å²) in [5.41, 5.74) is 2.55. The molecule has 0 aromatic heterocycles. The topological polar surface area (TPSA) is 12.2 Å². The van der Waals surface area contributed by atoms with Gasteiger partial charge in [-0.25, -0.2) is 4.58 Å². The first-order chi connectivity index (χ1) is 10.3. The fourth-order valence-electron chi connectivity index (χ4n) is 2.24. The third-order valence-electron chi connectivity index (χ3n) is 3.64. The van der Waals surface area contributed by atoms with Crippen molar-refractivity contribution in [2.24, 2.45) is 0 Å². The summed E-state index contributed by atoms with van der Waals surface area (Å²) in [6.07, 6.45) is 3.08. The lowest BCUT2D eigenvalue weighted by Crippen LogP contribution is -2.17. The Hall–Kier alpha value is -1.93. The highest BCUT2D eigenvalue weighted by atomic mass is 16.5. The maximum Gasteiger partial charge on any atom is 0.165 e. The van der Waals surface area contributed by atoms with Gasteiger partial charge in [0.25, 0.3) is 0 Å². The van der Waals surface area contributed by atoms with E-state index < -0.39 is 0 Å². The van der Waals surface area contributed by atoms with Crippen molar-refractivity contribution in [3.63, 3.8) is 0 Å². The summed E-state index contributed by atoms with van der Waals surface area (Å²) in [5.74, 6) is 0. The second-order valence-electron chi connectivity index (χ2n) is 5.20. The zero-order chi connectivity index (χ0) is 14.9. The van der Waals surface area contributed by atoms with Crippen LogP contribution in [0.3, 0.4) is 0 Å². The first-order valence-corrected chi connectivity index (χ1v) is 7.50. The summed E-state index contributed by atoms with van der Waals surface area (Å²) in [5, 5.41) is 0. The van der Waals surface area contributed by atoms with Crippen LogP contribution >= 0.6 is 0 Å². The molecule has 2 aromatic rings. The molecule has 1 atom stereocenters. The minimum Gasteiger partial charge on any atom is -0.367 e. The van der Waals surface area contributed by atoms with Crippen LogP contribution in [-0.2, 0) is 11.2 Å². The number of likely N-dealkylation sites (N-methyl/N-ethyl adjacent to an activating group) is 1. The second-order valence-corrected chi connectivity index (χ2v) is 5.20. The summed E-state index contributed by atoms with van der Waals surface area (Å²) < 4.78 is 8.29. The zero-order valence-corrected chi connectivity index (χ0v) is 12.9. The van der Waals surface area contributed by atoms with E-state index in [1.54, 1.807) is 0 Å². The van der Waals surface area contributed by atoms with Crippen molar-refractivity contribution >= 4 is 6.21 Å². The molecule has 0 aliphatic heterocycles. The van der Waals surface area contributed by atoms with Crippen LogP contribution in [0.15, 0.2) is 60.7 Å². The van der Waals surface area contributed by atoms with Gasteiger partial charge in [-0.3, -0.25) is 0 Å². The molecule has 0 saturated heterocycles. The van der Waals surface area contributed by atoms with Gasteiger partial charge in [-0.2, -0.15) is 0 Å². The fourth-order valence-corrected chi connectivity index (χ4v) is 2.24. The maximum atomic E-state index is 6.14. The molecule has 0 N–H and O–H groups in total. The van der Waals surface area contributed by atoms with Gasteiger partial charge in [0.15, 0.2) is 6.54 Å². The van der Waals surface area contributed by atoms with E-state index >= 15 is 0 Å². The van der Waals surface area contributed by atoms with Crippen LogP contribution < -0.4 is 0 Å². The third-order valence-corrected chi connectivity index (χ3v) is 3.64. The molecule has 2 nitrogen and oxygen atoms in total. The van der Waals surface area contributed by atoms with E-state index in [-0.39, 0.29) is 6.10 Å². The quantitative estimate of drug-likeness (QED) is 0.557. The highest BCUT2D eigenvalue weighted by Gasteiger charge is 2.13. The molecule has 0 spiro atoms. The minimum absolute atomic E-state index is 0.110. The van der Waals surface area contributed by atoms with Crippen LogP contribution in [0.4, 0.5) is 0 Å². The van der Waals surface area contributed by atoms with Gasteiger partial charge in [-0.1, -0.05) is 60.7 Å². The molecule has 0 fully saturated rings. The molecule has 1 unspecified atom stereocenters. The molecule has 0 saturated carbocycles. The SMILES string of the molecule is CC=[N+](C)CCOC(Cc1ccccc1)c1ccccc1. The Morgan fingerprint density at radius 3 is 2.24 bits per heavy atom. The van der Waals surface area contributed by atoms with Gasteiger partial charge < -0.3 is 4.74 Å². The van der Waals surface area contributed by atoms with Crippen molar-refractivity contribution in [3.05, 3.63) is 71.8 Å². The Balaban J connectivity index is 2.04. The standard InChI is InChI=1S/C19H24NO/c1-3-20(2)14-15-21-19(18-12-8-5-9-13-18)16-17-10-6-4-7-11-17/h3-13,19H,14-16H2,1-2H3/q+1. The van der Waals surface area contributed by atoms with Crippen LogP contribution in [0.5, 0.6) is 0 Å². The van der Waals surface area contributed by atoms with Gasteiger partial charge in [-0.05, 0) is 11.1 Å². The van der Waals surface area contributed by atoms with Crippen LogP contribution in [0.2, 0.25) is 0 Å². The Morgan fingerprint density at radius 2 is 1.62 bits per heavy atom. The monoisotopic (exact) mass is 282 g/mol. The lowest BCUT2D eigenvalue weighted by atomic mass is 10.0. The highest BCUT2D eigenvalue weighted by Crippen LogP contribution is 2.22. The van der Waals surface area contributed by atoms with Gasteiger partial charge >= 0.3 is 0 Å². The van der Waals surface area contributed by atoms with E-state index in [1.165, 1.54) is 11.1 Å². The molecule has 0 radical (unpaired) electrons. The number of benzene rings is 2. The van der Waals surface area contributed by atoms with Gasteiger partial charge in [0.2, 0.25) is 0 Å². The van der Waals surface area contributed by atoms with Crippen molar-refractivity contribution < 1.29 is 9.31 Å². The Labute approximate surface area is 127 Å². The van der Waals surface area contributed by atoms with Crippen LogP contribution in [0.25, 0.3) is 0 Å². The van der Waals surface area contributed by atoms with Gasteiger partial charge in [0.05, 0.1) is 6.10 Å². The first kappa shape index (κ1) is 15.5. The van der Waals surface area contributed by atoms with E-state index in [0.717, 1.165) is 19.6 Å². The van der Waals surface area contributed by atoms with Crippen molar-refractivity contribution in [3.8, 4) is 0 Å². The Morgan fingerprint density at radius 1 is 1.00 bits per heavy atom. The lowest BCUT2D eigenvalue weighted by Gasteiger charge is -2.18. The fraction of sp³-hybridized carbons (Fsp3) is 0.316. The lowest BCUT2D eigenvalue weighted by molar-refractivity contribution is -0.497. The van der Waals surface area contributed by atoms with Crippen molar-refractivity contribution in [1.29, 1.82) is 0 Å². The highest BCUT2D eigenvalue weighted by molar-refractivity contribution is 5.46. The van der Waals surface area contributed by atoms with Crippen molar-refractivity contribution in [1.82, 2.24) is 0 Å². The number of ether oxygens (including phenoxy) is 1. The van der Waals surface area contributed by atoms with Crippen LogP contribution in [0, 0.1) is 0 Å². The minimum atomic E-state index is 0.110. The van der Waals surface area contributed by atoms with E-state index in [9.17, 15) is 0 Å². The molecule has 0 heterocycles. The zero-order valence-electron chi connectivity index (χ0n) is 12.9. The molecule has 2 heteroatoms. The molecular formula is C19H24NO+. The van der Waals surface area contributed by atoms with E-state index in [4.69, 9.17) is 4.74 Å². The van der Waals surface area contributed by atoms with Crippen molar-refractivity contribution in [2.45, 2.75) is 19.4 Å². The molecule has 0 aliphatic carbocycles. The Kier molecular flexibility index (Phi) is 6.17. The normalized spacial score (nSPS) is 13.1. The van der Waals surface area contributed by atoms with E-state index in [2.05, 4.69) is 66.4 Å². The summed E-state index contributed by atoms with van der Waals surface area (Å²) in [4.78, 5) is 0. The van der Waals surface area contributed by atoms with Crippen LogP contribution in [0.1, 0.15) is 24.2 Å². The molecule has 2 rings (SSSR count). The number of hydrogen-bond donors (Lipinski definition) is 0. The second kappa shape index (κ2) is 8.38. The van der Waals surface area contributed by atoms with Crippen LogP contribution in [-0.4, -0.2) is 31.0 Å². The van der Waals surface area contributed by atoms with Gasteiger partial charge in [-0.15, -0.1) is 0 Å². The smallest absolute Gasteiger partial charge is 0.165 e. The average molecular weight is 282 g/mol. The molecule has 0 bridgehead atoms. The predicted octanol–water partition coefficient (Wildman–Crippen LogP) is 3.72. The summed E-state index contributed by atoms with van der Waals surface area (Å²) in [6, 6.07) is 21.0. The Bertz CT molecular complexity index is 548. The van der Waals surface area contributed by atoms with Crippen molar-refractivity contribution in [2.75, 3.05) is 20.2 Å². The number of nitrogens with zero attached hydrogens (tertiary/aromatic N) is 1. The van der Waals surface area contributed by atoms with Gasteiger partial charge in [0.1, 0.15) is 19.9 Å². The summed E-state index contributed by atoms with van der Waals surface area (Å²) >= 11 is 0. The predicted molar refractivity (Wildman–Crippen MR) is 88.1 cm³/mol. The molecular weight excluding hydrogens is 258 g/mol.